The van der Waals surface area contributed by atoms with Gasteiger partial charge in [-0.1, -0.05) is 42.5 Å². The second kappa shape index (κ2) is 7.94. The minimum Gasteiger partial charge on any atom is -0.355 e. The Bertz CT molecular complexity index is 1150. The van der Waals surface area contributed by atoms with Crippen molar-refractivity contribution in [2.45, 2.75) is 12.8 Å². The Morgan fingerprint density at radius 1 is 0.900 bits per heavy atom. The topological polar surface area (TPSA) is 75.4 Å². The van der Waals surface area contributed by atoms with E-state index in [2.05, 4.69) is 37.6 Å². The van der Waals surface area contributed by atoms with E-state index in [0.29, 0.717) is 0 Å². The fraction of sp³-hybridized carbons (Fsp3) is 0.217. The Labute approximate surface area is 174 Å². The molecule has 1 aliphatic heterocycles. The summed E-state index contributed by atoms with van der Waals surface area (Å²) >= 11 is 0. The summed E-state index contributed by atoms with van der Waals surface area (Å²) in [7, 11) is 0. The molecule has 1 N–H and O–H groups in total. The first-order chi connectivity index (χ1) is 14.8. The van der Waals surface area contributed by atoms with Gasteiger partial charge in [0.05, 0.1) is 0 Å². The number of hydrogen-bond acceptors (Lipinski definition) is 5. The van der Waals surface area contributed by atoms with Crippen molar-refractivity contribution in [2.24, 2.45) is 5.92 Å². The van der Waals surface area contributed by atoms with Crippen molar-refractivity contribution >= 4 is 23.1 Å². The van der Waals surface area contributed by atoms with Gasteiger partial charge in [0.2, 0.25) is 5.91 Å². The molecular formula is C23H22N6O. The van der Waals surface area contributed by atoms with Crippen LogP contribution < -0.4 is 10.2 Å². The first kappa shape index (κ1) is 18.3. The number of fused-ring (bicyclic) bond motifs is 1. The highest BCUT2D eigenvalue weighted by Crippen LogP contribution is 2.25. The summed E-state index contributed by atoms with van der Waals surface area (Å²) < 4.78 is 1.67. The molecule has 0 saturated carbocycles. The highest BCUT2D eigenvalue weighted by molar-refractivity contribution is 5.93. The predicted octanol–water partition coefficient (Wildman–Crippen LogP) is 3.65. The largest absolute Gasteiger partial charge is 0.355 e. The van der Waals surface area contributed by atoms with Gasteiger partial charge in [-0.3, -0.25) is 4.79 Å². The van der Waals surface area contributed by atoms with E-state index in [1.165, 1.54) is 5.56 Å². The number of hydrogen-bond donors (Lipinski definition) is 1. The SMILES string of the molecule is O=C(Nc1ccc(-c2ccccc2)cc1)C1CCN(c2ccc3nncn3n2)CC1. The molecular weight excluding hydrogens is 376 g/mol. The molecule has 0 bridgehead atoms. The maximum atomic E-state index is 12.7. The Morgan fingerprint density at radius 3 is 2.40 bits per heavy atom. The van der Waals surface area contributed by atoms with Crippen LogP contribution in [0.25, 0.3) is 16.8 Å². The third-order valence-corrected chi connectivity index (χ3v) is 5.60. The van der Waals surface area contributed by atoms with Crippen LogP contribution in [0, 0.1) is 5.92 Å². The monoisotopic (exact) mass is 398 g/mol. The fourth-order valence-corrected chi connectivity index (χ4v) is 3.88. The summed E-state index contributed by atoms with van der Waals surface area (Å²) in [5.41, 5.74) is 3.87. The number of carbonyl (C=O) groups excluding carboxylic acids is 1. The van der Waals surface area contributed by atoms with Crippen LogP contribution in [0.4, 0.5) is 11.5 Å². The van der Waals surface area contributed by atoms with Gasteiger partial charge in [-0.2, -0.15) is 4.52 Å². The number of rotatable bonds is 4. The average Bonchev–Trinajstić information content (AvgIpc) is 3.28. The number of piperidine rings is 1. The molecule has 7 heteroatoms. The summed E-state index contributed by atoms with van der Waals surface area (Å²) in [5, 5.41) is 15.5. The zero-order valence-electron chi connectivity index (χ0n) is 16.5. The Hall–Kier alpha value is -3.74. The fourth-order valence-electron chi connectivity index (χ4n) is 3.88. The number of nitrogens with one attached hydrogen (secondary N) is 1. The van der Waals surface area contributed by atoms with E-state index in [1.54, 1.807) is 10.8 Å². The van der Waals surface area contributed by atoms with Crippen LogP contribution in [-0.2, 0) is 4.79 Å². The molecule has 1 saturated heterocycles. The van der Waals surface area contributed by atoms with Crippen LogP contribution in [0.1, 0.15) is 12.8 Å². The number of benzene rings is 2. The second-order valence-corrected chi connectivity index (χ2v) is 7.52. The lowest BCUT2D eigenvalue weighted by atomic mass is 9.95. The summed E-state index contributed by atoms with van der Waals surface area (Å²) in [6, 6.07) is 22.1. The zero-order valence-corrected chi connectivity index (χ0v) is 16.5. The molecule has 4 aromatic rings. The molecule has 3 heterocycles. The summed E-state index contributed by atoms with van der Waals surface area (Å²) in [5.74, 6) is 0.982. The Balaban J connectivity index is 1.18. The van der Waals surface area contributed by atoms with Gasteiger partial charge < -0.3 is 10.2 Å². The first-order valence-corrected chi connectivity index (χ1v) is 10.1. The highest BCUT2D eigenvalue weighted by Gasteiger charge is 2.26. The minimum absolute atomic E-state index is 0.00805. The molecule has 2 aromatic heterocycles. The van der Waals surface area contributed by atoms with Crippen LogP contribution in [-0.4, -0.2) is 38.8 Å². The quantitative estimate of drug-likeness (QED) is 0.568. The van der Waals surface area contributed by atoms with Crippen molar-refractivity contribution in [3.05, 3.63) is 73.1 Å². The van der Waals surface area contributed by atoms with Gasteiger partial charge in [0, 0.05) is 24.7 Å². The van der Waals surface area contributed by atoms with E-state index in [4.69, 9.17) is 0 Å². The van der Waals surface area contributed by atoms with E-state index in [-0.39, 0.29) is 11.8 Å². The van der Waals surface area contributed by atoms with Crippen molar-refractivity contribution in [1.29, 1.82) is 0 Å². The van der Waals surface area contributed by atoms with Crippen LogP contribution in [0.5, 0.6) is 0 Å². The van der Waals surface area contributed by atoms with Gasteiger partial charge in [0.25, 0.3) is 0 Å². The predicted molar refractivity (Wildman–Crippen MR) is 116 cm³/mol. The van der Waals surface area contributed by atoms with Crippen molar-refractivity contribution in [3.8, 4) is 11.1 Å². The zero-order chi connectivity index (χ0) is 20.3. The van der Waals surface area contributed by atoms with Crippen LogP contribution in [0.2, 0.25) is 0 Å². The summed E-state index contributed by atoms with van der Waals surface area (Å²) in [6.07, 6.45) is 3.20. The molecule has 5 rings (SSSR count). The van der Waals surface area contributed by atoms with E-state index >= 15 is 0 Å². The molecule has 1 fully saturated rings. The van der Waals surface area contributed by atoms with Crippen molar-refractivity contribution < 1.29 is 4.79 Å². The Kier molecular flexibility index (Phi) is 4.85. The lowest BCUT2D eigenvalue weighted by Crippen LogP contribution is -2.38. The maximum absolute atomic E-state index is 12.7. The van der Waals surface area contributed by atoms with E-state index < -0.39 is 0 Å². The van der Waals surface area contributed by atoms with Crippen molar-refractivity contribution in [3.63, 3.8) is 0 Å². The second-order valence-electron chi connectivity index (χ2n) is 7.52. The van der Waals surface area contributed by atoms with Crippen molar-refractivity contribution in [2.75, 3.05) is 23.3 Å². The van der Waals surface area contributed by atoms with Gasteiger partial charge in [0.15, 0.2) is 5.65 Å². The molecule has 0 unspecified atom stereocenters. The van der Waals surface area contributed by atoms with Gasteiger partial charge in [0.1, 0.15) is 12.1 Å². The third kappa shape index (κ3) is 3.74. The third-order valence-electron chi connectivity index (χ3n) is 5.60. The van der Waals surface area contributed by atoms with Crippen LogP contribution in [0.3, 0.4) is 0 Å². The average molecular weight is 398 g/mol. The number of aromatic nitrogens is 4. The molecule has 1 amide bonds. The van der Waals surface area contributed by atoms with Gasteiger partial charge in [-0.15, -0.1) is 15.3 Å². The van der Waals surface area contributed by atoms with Gasteiger partial charge in [-0.25, -0.2) is 0 Å². The molecule has 1 aliphatic rings. The van der Waals surface area contributed by atoms with E-state index in [1.807, 2.05) is 54.6 Å². The molecule has 150 valence electrons. The molecule has 0 spiro atoms. The van der Waals surface area contributed by atoms with Crippen LogP contribution >= 0.6 is 0 Å². The van der Waals surface area contributed by atoms with Gasteiger partial charge in [-0.05, 0) is 48.2 Å². The van der Waals surface area contributed by atoms with E-state index in [0.717, 1.165) is 48.6 Å². The molecule has 30 heavy (non-hydrogen) atoms. The minimum atomic E-state index is 0.00805. The summed E-state index contributed by atoms with van der Waals surface area (Å²) in [4.78, 5) is 14.9. The molecule has 2 aromatic carbocycles. The van der Waals surface area contributed by atoms with Gasteiger partial charge >= 0.3 is 0 Å². The molecule has 7 nitrogen and oxygen atoms in total. The number of anilines is 2. The lowest BCUT2D eigenvalue weighted by molar-refractivity contribution is -0.120. The van der Waals surface area contributed by atoms with Crippen molar-refractivity contribution in [1.82, 2.24) is 19.8 Å². The first-order valence-electron chi connectivity index (χ1n) is 10.1. The number of carbonyl (C=O) groups is 1. The molecule has 0 radical (unpaired) electrons. The Morgan fingerprint density at radius 2 is 1.63 bits per heavy atom. The standard InChI is InChI=1S/C23H22N6O/c30-23(25-20-8-6-18(7-9-20)17-4-2-1-3-5-17)19-12-14-28(15-13-19)22-11-10-21-26-24-16-29(21)27-22/h1-11,16,19H,12-15H2,(H,25,30). The molecule has 0 aliphatic carbocycles. The number of amides is 1. The lowest BCUT2D eigenvalue weighted by Gasteiger charge is -2.32. The smallest absolute Gasteiger partial charge is 0.227 e. The number of nitrogens with zero attached hydrogens (tertiary/aromatic N) is 5. The molecule has 0 atom stereocenters. The normalized spacial score (nSPS) is 14.7. The highest BCUT2D eigenvalue weighted by atomic mass is 16.1. The van der Waals surface area contributed by atoms with E-state index in [9.17, 15) is 4.79 Å². The maximum Gasteiger partial charge on any atom is 0.227 e. The summed E-state index contributed by atoms with van der Waals surface area (Å²) in [6.45, 7) is 1.59. The van der Waals surface area contributed by atoms with Crippen LogP contribution in [0.15, 0.2) is 73.1 Å².